The van der Waals surface area contributed by atoms with Crippen molar-refractivity contribution in [2.24, 2.45) is 0 Å². The van der Waals surface area contributed by atoms with E-state index < -0.39 is 15.8 Å². The third kappa shape index (κ3) is 4.19. The Balaban J connectivity index is 1.47. The molecule has 1 aliphatic heterocycles. The second-order valence-electron chi connectivity index (χ2n) is 7.24. The van der Waals surface area contributed by atoms with Crippen molar-refractivity contribution in [3.05, 3.63) is 64.8 Å². The van der Waals surface area contributed by atoms with Crippen molar-refractivity contribution in [1.82, 2.24) is 9.29 Å². The van der Waals surface area contributed by atoms with Crippen molar-refractivity contribution in [3.8, 4) is 11.3 Å². The Hall–Kier alpha value is -2.29. The summed E-state index contributed by atoms with van der Waals surface area (Å²) in [5.41, 5.74) is 4.43. The van der Waals surface area contributed by atoms with Gasteiger partial charge in [-0.3, -0.25) is 0 Å². The average Bonchev–Trinajstić information content (AvgIpc) is 3.18. The predicted octanol–water partition coefficient (Wildman–Crippen LogP) is 4.08. The van der Waals surface area contributed by atoms with Gasteiger partial charge >= 0.3 is 0 Å². The summed E-state index contributed by atoms with van der Waals surface area (Å²) >= 11 is 1.57. The van der Waals surface area contributed by atoms with Crippen LogP contribution in [0.3, 0.4) is 0 Å². The molecule has 0 saturated carbocycles. The number of aromatic nitrogens is 1. The average molecular weight is 432 g/mol. The van der Waals surface area contributed by atoms with Gasteiger partial charge in [-0.2, -0.15) is 4.31 Å². The zero-order valence-corrected chi connectivity index (χ0v) is 17.9. The molecule has 1 aliphatic rings. The molecule has 8 heteroatoms. The number of aryl methyl sites for hydroxylation is 2. The zero-order valence-electron chi connectivity index (χ0n) is 16.3. The molecule has 0 N–H and O–H groups in total. The fourth-order valence-corrected chi connectivity index (χ4v) is 5.90. The Bertz CT molecular complexity index is 1120. The molecular formula is C21H22FN3O2S2. The van der Waals surface area contributed by atoms with Gasteiger partial charge in [-0.05, 0) is 44.2 Å². The fourth-order valence-electron chi connectivity index (χ4n) is 3.56. The summed E-state index contributed by atoms with van der Waals surface area (Å²) in [5.74, 6) is -0.550. The third-order valence-electron chi connectivity index (χ3n) is 4.95. The molecule has 3 aromatic rings. The molecule has 4 rings (SSSR count). The van der Waals surface area contributed by atoms with Gasteiger partial charge in [0, 0.05) is 37.1 Å². The molecule has 0 unspecified atom stereocenters. The molecule has 0 bridgehead atoms. The van der Waals surface area contributed by atoms with Crippen molar-refractivity contribution in [1.29, 1.82) is 0 Å². The maximum Gasteiger partial charge on any atom is 0.243 e. The Morgan fingerprint density at radius 3 is 2.34 bits per heavy atom. The lowest BCUT2D eigenvalue weighted by Crippen LogP contribution is -2.48. The van der Waals surface area contributed by atoms with Gasteiger partial charge in [-0.1, -0.05) is 23.3 Å². The SMILES string of the molecule is Cc1cc(C)cc(-c2csc(N3CCN(S(=O)(=O)c4cccc(F)c4)CC3)n2)c1. The van der Waals surface area contributed by atoms with Gasteiger partial charge in [-0.15, -0.1) is 11.3 Å². The summed E-state index contributed by atoms with van der Waals surface area (Å²) in [6.07, 6.45) is 0. The first-order chi connectivity index (χ1) is 13.8. The van der Waals surface area contributed by atoms with E-state index in [2.05, 4.69) is 36.9 Å². The van der Waals surface area contributed by atoms with E-state index in [-0.39, 0.29) is 4.90 Å². The minimum atomic E-state index is -3.69. The number of thiazole rings is 1. The number of benzene rings is 2. The van der Waals surface area contributed by atoms with Crippen LogP contribution in [0.5, 0.6) is 0 Å². The first-order valence-corrected chi connectivity index (χ1v) is 11.7. The second-order valence-corrected chi connectivity index (χ2v) is 10.0. The lowest BCUT2D eigenvalue weighted by atomic mass is 10.1. The highest BCUT2D eigenvalue weighted by atomic mass is 32.2. The van der Waals surface area contributed by atoms with Crippen LogP contribution < -0.4 is 4.90 Å². The molecule has 1 fully saturated rings. The smallest absolute Gasteiger partial charge is 0.243 e. The van der Waals surface area contributed by atoms with E-state index in [1.165, 1.54) is 33.6 Å². The van der Waals surface area contributed by atoms with Gasteiger partial charge in [0.15, 0.2) is 5.13 Å². The van der Waals surface area contributed by atoms with E-state index >= 15 is 0 Å². The summed E-state index contributed by atoms with van der Waals surface area (Å²) in [6, 6.07) is 11.5. The van der Waals surface area contributed by atoms with Crippen molar-refractivity contribution in [3.63, 3.8) is 0 Å². The van der Waals surface area contributed by atoms with Crippen LogP contribution in [0.1, 0.15) is 11.1 Å². The summed E-state index contributed by atoms with van der Waals surface area (Å²) < 4.78 is 40.4. The second kappa shape index (κ2) is 7.85. The van der Waals surface area contributed by atoms with Crippen LogP contribution >= 0.6 is 11.3 Å². The highest BCUT2D eigenvalue weighted by molar-refractivity contribution is 7.89. The topological polar surface area (TPSA) is 53.5 Å². The van der Waals surface area contributed by atoms with Crippen molar-refractivity contribution < 1.29 is 12.8 Å². The number of halogens is 1. The van der Waals surface area contributed by atoms with Gasteiger partial charge < -0.3 is 4.90 Å². The minimum absolute atomic E-state index is 0.00250. The summed E-state index contributed by atoms with van der Waals surface area (Å²) in [6.45, 7) is 5.93. The molecule has 1 saturated heterocycles. The van der Waals surface area contributed by atoms with Crippen LogP contribution in [-0.2, 0) is 10.0 Å². The van der Waals surface area contributed by atoms with E-state index in [0.717, 1.165) is 22.5 Å². The third-order valence-corrected chi connectivity index (χ3v) is 7.75. The van der Waals surface area contributed by atoms with Crippen LogP contribution in [0, 0.1) is 19.7 Å². The molecule has 0 spiro atoms. The highest BCUT2D eigenvalue weighted by Gasteiger charge is 2.29. The largest absolute Gasteiger partial charge is 0.345 e. The van der Waals surface area contributed by atoms with E-state index in [4.69, 9.17) is 4.98 Å². The van der Waals surface area contributed by atoms with Crippen LogP contribution in [-0.4, -0.2) is 43.9 Å². The van der Waals surface area contributed by atoms with Crippen LogP contribution in [0.25, 0.3) is 11.3 Å². The minimum Gasteiger partial charge on any atom is -0.345 e. The van der Waals surface area contributed by atoms with Gasteiger partial charge in [0.2, 0.25) is 10.0 Å². The Labute approximate surface area is 174 Å². The molecule has 1 aromatic heterocycles. The van der Waals surface area contributed by atoms with Gasteiger partial charge in [0.1, 0.15) is 5.82 Å². The zero-order chi connectivity index (χ0) is 20.6. The van der Waals surface area contributed by atoms with Gasteiger partial charge in [0.05, 0.1) is 10.6 Å². The molecule has 0 amide bonds. The molecule has 2 aromatic carbocycles. The monoisotopic (exact) mass is 431 g/mol. The molecule has 0 radical (unpaired) electrons. The Morgan fingerprint density at radius 1 is 1.00 bits per heavy atom. The molecule has 0 aliphatic carbocycles. The molecular weight excluding hydrogens is 409 g/mol. The number of sulfonamides is 1. The number of rotatable bonds is 4. The molecule has 29 heavy (non-hydrogen) atoms. The first kappa shape index (κ1) is 20.0. The number of anilines is 1. The number of hydrogen-bond donors (Lipinski definition) is 0. The molecule has 152 valence electrons. The normalized spacial score (nSPS) is 15.6. The van der Waals surface area contributed by atoms with Crippen LogP contribution in [0.4, 0.5) is 9.52 Å². The maximum absolute atomic E-state index is 13.4. The summed E-state index contributed by atoms with van der Waals surface area (Å²) in [7, 11) is -3.69. The Kier molecular flexibility index (Phi) is 5.42. The van der Waals surface area contributed by atoms with Crippen molar-refractivity contribution in [2.75, 3.05) is 31.1 Å². The van der Waals surface area contributed by atoms with E-state index in [9.17, 15) is 12.8 Å². The summed E-state index contributed by atoms with van der Waals surface area (Å²) in [4.78, 5) is 6.87. The van der Waals surface area contributed by atoms with Crippen molar-refractivity contribution in [2.45, 2.75) is 18.7 Å². The van der Waals surface area contributed by atoms with E-state index in [0.29, 0.717) is 26.2 Å². The predicted molar refractivity (Wildman–Crippen MR) is 114 cm³/mol. The van der Waals surface area contributed by atoms with Crippen LogP contribution in [0.2, 0.25) is 0 Å². The van der Waals surface area contributed by atoms with Crippen molar-refractivity contribution >= 4 is 26.5 Å². The standard InChI is InChI=1S/C21H22FN3O2S2/c1-15-10-16(2)12-17(11-15)20-14-28-21(23-20)24-6-8-25(9-7-24)29(26,27)19-5-3-4-18(22)13-19/h3-5,10-14H,6-9H2,1-2H3. The highest BCUT2D eigenvalue weighted by Crippen LogP contribution is 2.30. The maximum atomic E-state index is 13.4. The molecule has 5 nitrogen and oxygen atoms in total. The lowest BCUT2D eigenvalue weighted by Gasteiger charge is -2.33. The number of hydrogen-bond acceptors (Lipinski definition) is 5. The Morgan fingerprint density at radius 2 is 1.69 bits per heavy atom. The fraction of sp³-hybridized carbons (Fsp3) is 0.286. The number of piperazine rings is 1. The lowest BCUT2D eigenvalue weighted by molar-refractivity contribution is 0.384. The van der Waals surface area contributed by atoms with E-state index in [1.54, 1.807) is 11.3 Å². The van der Waals surface area contributed by atoms with Gasteiger partial charge in [-0.25, -0.2) is 17.8 Å². The first-order valence-electron chi connectivity index (χ1n) is 9.38. The number of nitrogens with zero attached hydrogens (tertiary/aromatic N) is 3. The quantitative estimate of drug-likeness (QED) is 0.625. The summed E-state index contributed by atoms with van der Waals surface area (Å²) in [5, 5.41) is 2.93. The molecule has 0 atom stereocenters. The molecule has 2 heterocycles. The van der Waals surface area contributed by atoms with Gasteiger partial charge in [0.25, 0.3) is 0 Å². The van der Waals surface area contributed by atoms with Crippen LogP contribution in [0.15, 0.2) is 52.7 Å². The van der Waals surface area contributed by atoms with E-state index in [1.807, 2.05) is 5.38 Å².